The van der Waals surface area contributed by atoms with Gasteiger partial charge in [-0.05, 0) is 48.1 Å². The van der Waals surface area contributed by atoms with Gasteiger partial charge in [0.2, 0.25) is 5.91 Å². The largest absolute Gasteiger partial charge is 0.376 e. The Morgan fingerprint density at radius 1 is 1.35 bits per heavy atom. The molecule has 0 saturated carbocycles. The molecule has 6 nitrogen and oxygen atoms in total. The molecular weight excluding hydrogens is 352 g/mol. The Kier molecular flexibility index (Phi) is 6.14. The molecule has 1 aromatic carbocycles. The fourth-order valence-corrected chi connectivity index (χ4v) is 3.56. The second-order valence-electron chi connectivity index (χ2n) is 6.12. The quantitative estimate of drug-likeness (QED) is 0.420. The van der Waals surface area contributed by atoms with Crippen LogP contribution < -0.4 is 0 Å². The van der Waals surface area contributed by atoms with Gasteiger partial charge in [-0.3, -0.25) is 14.9 Å². The maximum absolute atomic E-state index is 12.7. The molecule has 1 saturated heterocycles. The molecule has 0 spiro atoms. The van der Waals surface area contributed by atoms with Crippen LogP contribution in [0.5, 0.6) is 0 Å². The van der Waals surface area contributed by atoms with E-state index in [1.807, 2.05) is 17.5 Å². The highest BCUT2D eigenvalue weighted by Crippen LogP contribution is 2.18. The van der Waals surface area contributed by atoms with E-state index in [0.29, 0.717) is 13.1 Å². The first-order valence-corrected chi connectivity index (χ1v) is 9.35. The molecule has 136 valence electrons. The zero-order valence-corrected chi connectivity index (χ0v) is 15.1. The summed E-state index contributed by atoms with van der Waals surface area (Å²) in [5.74, 6) is -0.0905. The second kappa shape index (κ2) is 8.73. The van der Waals surface area contributed by atoms with E-state index in [1.165, 1.54) is 18.2 Å². The van der Waals surface area contributed by atoms with Crippen LogP contribution in [0.4, 0.5) is 5.69 Å². The van der Waals surface area contributed by atoms with Crippen molar-refractivity contribution in [2.45, 2.75) is 25.5 Å². The van der Waals surface area contributed by atoms with Gasteiger partial charge in [0.15, 0.2) is 0 Å². The maximum atomic E-state index is 12.7. The molecule has 1 aliphatic heterocycles. The molecule has 0 N–H and O–H groups in total. The lowest BCUT2D eigenvalue weighted by atomic mass is 10.2. The minimum atomic E-state index is -0.441. The van der Waals surface area contributed by atoms with Crippen LogP contribution in [0.25, 0.3) is 6.08 Å². The van der Waals surface area contributed by atoms with Crippen molar-refractivity contribution >= 4 is 29.0 Å². The van der Waals surface area contributed by atoms with E-state index in [9.17, 15) is 14.9 Å². The molecule has 0 bridgehead atoms. The third-order valence-electron chi connectivity index (χ3n) is 4.21. The van der Waals surface area contributed by atoms with Crippen LogP contribution in [-0.4, -0.2) is 35.0 Å². The van der Waals surface area contributed by atoms with Gasteiger partial charge in [-0.15, -0.1) is 11.3 Å². The van der Waals surface area contributed by atoms with E-state index >= 15 is 0 Å². The van der Waals surface area contributed by atoms with Crippen molar-refractivity contribution in [3.63, 3.8) is 0 Å². The summed E-state index contributed by atoms with van der Waals surface area (Å²) in [7, 11) is 0. The summed E-state index contributed by atoms with van der Waals surface area (Å²) in [6.07, 6.45) is 5.30. The Morgan fingerprint density at radius 3 is 2.77 bits per heavy atom. The van der Waals surface area contributed by atoms with Gasteiger partial charge in [0.25, 0.3) is 5.69 Å². The van der Waals surface area contributed by atoms with Crippen molar-refractivity contribution in [1.29, 1.82) is 0 Å². The highest BCUT2D eigenvalue weighted by atomic mass is 32.1. The molecule has 0 radical (unpaired) electrons. The number of benzene rings is 1. The van der Waals surface area contributed by atoms with Crippen LogP contribution in [0.1, 0.15) is 23.3 Å². The number of hydrogen-bond acceptors (Lipinski definition) is 5. The average Bonchev–Trinajstić information content (AvgIpc) is 3.33. The maximum Gasteiger partial charge on any atom is 0.269 e. The van der Waals surface area contributed by atoms with Crippen LogP contribution >= 0.6 is 11.3 Å². The highest BCUT2D eigenvalue weighted by molar-refractivity contribution is 7.09. The molecule has 2 aromatic rings. The number of non-ortho nitro benzene ring substituents is 1. The van der Waals surface area contributed by atoms with Crippen molar-refractivity contribution in [2.24, 2.45) is 0 Å². The van der Waals surface area contributed by atoms with Crippen molar-refractivity contribution in [3.05, 3.63) is 68.4 Å². The van der Waals surface area contributed by atoms with Crippen molar-refractivity contribution in [2.75, 3.05) is 13.2 Å². The van der Waals surface area contributed by atoms with E-state index in [2.05, 4.69) is 0 Å². The molecule has 1 aliphatic rings. The fourth-order valence-electron chi connectivity index (χ4n) is 2.84. The number of rotatable bonds is 7. The minimum absolute atomic E-state index is 0.0335. The lowest BCUT2D eigenvalue weighted by molar-refractivity contribution is -0.384. The summed E-state index contributed by atoms with van der Waals surface area (Å²) < 4.78 is 5.67. The van der Waals surface area contributed by atoms with Crippen molar-refractivity contribution in [1.82, 2.24) is 4.90 Å². The Labute approximate surface area is 155 Å². The van der Waals surface area contributed by atoms with Gasteiger partial charge in [-0.2, -0.15) is 0 Å². The van der Waals surface area contributed by atoms with Crippen LogP contribution in [0.15, 0.2) is 47.9 Å². The third kappa shape index (κ3) is 5.00. The smallest absolute Gasteiger partial charge is 0.269 e. The number of carbonyl (C=O) groups excluding carboxylic acids is 1. The van der Waals surface area contributed by atoms with Crippen LogP contribution in [0.3, 0.4) is 0 Å². The van der Waals surface area contributed by atoms with E-state index in [0.717, 1.165) is 29.9 Å². The van der Waals surface area contributed by atoms with Gasteiger partial charge in [-0.1, -0.05) is 6.07 Å². The molecule has 26 heavy (non-hydrogen) atoms. The molecule has 1 fully saturated rings. The Hall–Kier alpha value is -2.51. The fraction of sp³-hybridized carbons (Fsp3) is 0.316. The van der Waals surface area contributed by atoms with E-state index < -0.39 is 4.92 Å². The summed E-state index contributed by atoms with van der Waals surface area (Å²) in [6.45, 7) is 1.88. The first-order valence-electron chi connectivity index (χ1n) is 8.47. The number of nitrogens with zero attached hydrogens (tertiary/aromatic N) is 2. The molecule has 0 aliphatic carbocycles. The Bertz CT molecular complexity index is 765. The van der Waals surface area contributed by atoms with Gasteiger partial charge >= 0.3 is 0 Å². The zero-order chi connectivity index (χ0) is 18.4. The summed E-state index contributed by atoms with van der Waals surface area (Å²) in [4.78, 5) is 25.9. The summed E-state index contributed by atoms with van der Waals surface area (Å²) in [5.41, 5.74) is 0.781. The molecule has 7 heteroatoms. The minimum Gasteiger partial charge on any atom is -0.376 e. The molecule has 1 unspecified atom stereocenters. The molecule has 3 rings (SSSR count). The monoisotopic (exact) mass is 372 g/mol. The number of nitro groups is 1. The van der Waals surface area contributed by atoms with Crippen LogP contribution in [0.2, 0.25) is 0 Å². The SMILES string of the molecule is O=C(/C=C/c1ccc([N+](=O)[O-])cc1)N(Cc1cccs1)CC1CCCO1. The number of amides is 1. The Balaban J connectivity index is 1.67. The van der Waals surface area contributed by atoms with Crippen molar-refractivity contribution < 1.29 is 14.5 Å². The molecule has 2 heterocycles. The van der Waals surface area contributed by atoms with Crippen LogP contribution in [0, 0.1) is 10.1 Å². The molecule has 1 aromatic heterocycles. The van der Waals surface area contributed by atoms with E-state index in [-0.39, 0.29) is 17.7 Å². The van der Waals surface area contributed by atoms with E-state index in [4.69, 9.17) is 4.74 Å². The predicted octanol–water partition coefficient (Wildman–Crippen LogP) is 3.88. The van der Waals surface area contributed by atoms with Crippen molar-refractivity contribution in [3.8, 4) is 0 Å². The molecular formula is C19H20N2O4S. The lowest BCUT2D eigenvalue weighted by Gasteiger charge is -2.23. The van der Waals surface area contributed by atoms with Gasteiger partial charge in [0.1, 0.15) is 0 Å². The lowest BCUT2D eigenvalue weighted by Crippen LogP contribution is -2.35. The number of hydrogen-bond donors (Lipinski definition) is 0. The molecule has 1 atom stereocenters. The molecule has 1 amide bonds. The predicted molar refractivity (Wildman–Crippen MR) is 101 cm³/mol. The number of ether oxygens (including phenoxy) is 1. The second-order valence-corrected chi connectivity index (χ2v) is 7.15. The summed E-state index contributed by atoms with van der Waals surface area (Å²) in [6, 6.07) is 10.1. The van der Waals surface area contributed by atoms with Gasteiger partial charge in [-0.25, -0.2) is 0 Å². The zero-order valence-electron chi connectivity index (χ0n) is 14.2. The standard InChI is InChI=1S/C19H20N2O4S/c22-19(10-7-15-5-8-16(9-6-15)21(23)24)20(13-17-3-1-11-25-17)14-18-4-2-12-26-18/h2,4-10,12,17H,1,3,11,13-14H2/b10-7+. The first kappa shape index (κ1) is 18.3. The summed E-state index contributed by atoms with van der Waals surface area (Å²) in [5, 5.41) is 12.7. The Morgan fingerprint density at radius 2 is 2.15 bits per heavy atom. The van der Waals surface area contributed by atoms with Gasteiger partial charge in [0.05, 0.1) is 17.6 Å². The number of thiophene rings is 1. The van der Waals surface area contributed by atoms with Crippen LogP contribution in [-0.2, 0) is 16.1 Å². The normalized spacial score (nSPS) is 16.8. The first-order chi connectivity index (χ1) is 12.6. The highest BCUT2D eigenvalue weighted by Gasteiger charge is 2.22. The van der Waals surface area contributed by atoms with E-state index in [1.54, 1.807) is 34.4 Å². The van der Waals surface area contributed by atoms with Gasteiger partial charge < -0.3 is 9.64 Å². The third-order valence-corrected chi connectivity index (χ3v) is 5.07. The number of carbonyl (C=O) groups is 1. The summed E-state index contributed by atoms with van der Waals surface area (Å²) >= 11 is 1.62. The average molecular weight is 372 g/mol. The topological polar surface area (TPSA) is 72.7 Å². The number of nitro benzene ring substituents is 1. The van der Waals surface area contributed by atoms with Gasteiger partial charge in [0, 0.05) is 36.2 Å².